The second kappa shape index (κ2) is 4.22. The van der Waals surface area contributed by atoms with Gasteiger partial charge in [-0.15, -0.1) is 0 Å². The zero-order valence-corrected chi connectivity index (χ0v) is 9.99. The third-order valence-electron chi connectivity index (χ3n) is 2.88. The van der Waals surface area contributed by atoms with E-state index in [1.807, 2.05) is 25.1 Å². The fourth-order valence-corrected chi connectivity index (χ4v) is 2.08. The van der Waals surface area contributed by atoms with Gasteiger partial charge in [-0.25, -0.2) is 0 Å². The molecule has 0 radical (unpaired) electrons. The number of nitrogens with zero attached hydrogens (tertiary/aromatic N) is 1. The van der Waals surface area contributed by atoms with E-state index in [9.17, 15) is 5.11 Å². The van der Waals surface area contributed by atoms with Crippen LogP contribution in [0.5, 0.6) is 0 Å². The Labute approximate surface area is 96.0 Å². The summed E-state index contributed by atoms with van der Waals surface area (Å²) in [6, 6.07) is 8.13. The number of benzene rings is 1. The lowest BCUT2D eigenvalue weighted by molar-refractivity contribution is 0.283. The number of aliphatic hydroxyl groups is 1. The Morgan fingerprint density at radius 3 is 2.69 bits per heavy atom. The van der Waals surface area contributed by atoms with Crippen molar-refractivity contribution in [3.05, 3.63) is 41.1 Å². The number of aromatic nitrogens is 1. The van der Waals surface area contributed by atoms with E-state index in [2.05, 4.69) is 24.9 Å². The summed E-state index contributed by atoms with van der Waals surface area (Å²) in [5.41, 5.74) is 4.20. The fraction of sp³-hybridized carbons (Fsp3) is 0.357. The first-order valence-electron chi connectivity index (χ1n) is 5.63. The number of hydrogen-bond donors (Lipinski definition) is 1. The van der Waals surface area contributed by atoms with Gasteiger partial charge in [0.15, 0.2) is 0 Å². The van der Waals surface area contributed by atoms with Gasteiger partial charge in [0.1, 0.15) is 0 Å². The van der Waals surface area contributed by atoms with Gasteiger partial charge in [-0.2, -0.15) is 0 Å². The summed E-state index contributed by atoms with van der Waals surface area (Å²) in [4.78, 5) is 4.59. The molecule has 0 spiro atoms. The molecule has 0 saturated heterocycles. The molecule has 0 saturated carbocycles. The van der Waals surface area contributed by atoms with Crippen molar-refractivity contribution < 1.29 is 5.11 Å². The van der Waals surface area contributed by atoms with E-state index in [-0.39, 0.29) is 6.61 Å². The number of fused-ring (bicyclic) bond motifs is 1. The summed E-state index contributed by atoms with van der Waals surface area (Å²) in [7, 11) is 0. The Morgan fingerprint density at radius 1 is 1.31 bits per heavy atom. The summed E-state index contributed by atoms with van der Waals surface area (Å²) in [5.74, 6) is 0.449. The van der Waals surface area contributed by atoms with Crippen molar-refractivity contribution >= 4 is 10.9 Å². The van der Waals surface area contributed by atoms with Crippen molar-refractivity contribution in [2.24, 2.45) is 0 Å². The Morgan fingerprint density at radius 2 is 2.06 bits per heavy atom. The second-order valence-electron chi connectivity index (χ2n) is 4.48. The number of para-hydroxylation sites is 1. The maximum Gasteiger partial charge on any atom is 0.0743 e. The standard InChI is InChI=1S/C14H17NO/c1-9(2)12-5-4-6-13-11(8-16)7-10(3)15-14(12)13/h4-7,9,16H,8H2,1-3H3. The quantitative estimate of drug-likeness (QED) is 0.834. The van der Waals surface area contributed by atoms with E-state index in [0.29, 0.717) is 5.92 Å². The van der Waals surface area contributed by atoms with Crippen LogP contribution in [0.1, 0.15) is 36.6 Å². The summed E-state index contributed by atoms with van der Waals surface area (Å²) in [5, 5.41) is 10.4. The van der Waals surface area contributed by atoms with Gasteiger partial charge in [0.05, 0.1) is 12.1 Å². The average Bonchev–Trinajstić information content (AvgIpc) is 2.26. The van der Waals surface area contributed by atoms with Gasteiger partial charge >= 0.3 is 0 Å². The first kappa shape index (κ1) is 11.1. The van der Waals surface area contributed by atoms with Crippen LogP contribution in [0.4, 0.5) is 0 Å². The fourth-order valence-electron chi connectivity index (χ4n) is 2.08. The minimum atomic E-state index is 0.0708. The highest BCUT2D eigenvalue weighted by molar-refractivity contribution is 5.85. The SMILES string of the molecule is Cc1cc(CO)c2cccc(C(C)C)c2n1. The maximum atomic E-state index is 9.36. The van der Waals surface area contributed by atoms with Crippen molar-refractivity contribution in [3.8, 4) is 0 Å². The van der Waals surface area contributed by atoms with E-state index in [4.69, 9.17) is 0 Å². The molecule has 1 heterocycles. The Bertz CT molecular complexity index is 517. The molecule has 0 fully saturated rings. The molecule has 16 heavy (non-hydrogen) atoms. The zero-order valence-electron chi connectivity index (χ0n) is 9.99. The van der Waals surface area contributed by atoms with Crippen molar-refractivity contribution in [1.82, 2.24) is 4.98 Å². The van der Waals surface area contributed by atoms with Crippen LogP contribution >= 0.6 is 0 Å². The number of hydrogen-bond acceptors (Lipinski definition) is 2. The highest BCUT2D eigenvalue weighted by Gasteiger charge is 2.09. The van der Waals surface area contributed by atoms with Crippen LogP contribution in [0.15, 0.2) is 24.3 Å². The van der Waals surface area contributed by atoms with Crippen LogP contribution < -0.4 is 0 Å². The number of aliphatic hydroxyl groups excluding tert-OH is 1. The van der Waals surface area contributed by atoms with E-state index in [1.165, 1.54) is 5.56 Å². The molecule has 0 atom stereocenters. The summed E-state index contributed by atoms with van der Waals surface area (Å²) >= 11 is 0. The maximum absolute atomic E-state index is 9.36. The predicted molar refractivity (Wildman–Crippen MR) is 66.5 cm³/mol. The lowest BCUT2D eigenvalue weighted by Gasteiger charge is -2.12. The molecular formula is C14H17NO. The Balaban J connectivity index is 2.82. The van der Waals surface area contributed by atoms with Crippen molar-refractivity contribution in [3.63, 3.8) is 0 Å². The number of pyridine rings is 1. The van der Waals surface area contributed by atoms with E-state index in [0.717, 1.165) is 22.2 Å². The second-order valence-corrected chi connectivity index (χ2v) is 4.48. The largest absolute Gasteiger partial charge is 0.392 e. The zero-order chi connectivity index (χ0) is 11.7. The minimum absolute atomic E-state index is 0.0708. The first-order chi connectivity index (χ1) is 7.63. The van der Waals surface area contributed by atoms with Crippen LogP contribution in [0.25, 0.3) is 10.9 Å². The molecule has 1 aromatic heterocycles. The van der Waals surface area contributed by atoms with Crippen LogP contribution in [0.2, 0.25) is 0 Å². The van der Waals surface area contributed by atoms with Crippen molar-refractivity contribution in [2.45, 2.75) is 33.3 Å². The molecule has 1 N–H and O–H groups in total. The van der Waals surface area contributed by atoms with Crippen LogP contribution in [0, 0.1) is 6.92 Å². The molecule has 0 bridgehead atoms. The molecule has 2 aromatic rings. The summed E-state index contributed by atoms with van der Waals surface area (Å²) in [6.45, 7) is 6.37. The highest BCUT2D eigenvalue weighted by atomic mass is 16.3. The van der Waals surface area contributed by atoms with E-state index in [1.54, 1.807) is 0 Å². The lowest BCUT2D eigenvalue weighted by atomic mass is 9.97. The van der Waals surface area contributed by atoms with Gasteiger partial charge in [0.25, 0.3) is 0 Å². The van der Waals surface area contributed by atoms with Crippen molar-refractivity contribution in [2.75, 3.05) is 0 Å². The Kier molecular flexibility index (Phi) is 2.92. The Hall–Kier alpha value is -1.41. The molecule has 0 aliphatic rings. The first-order valence-corrected chi connectivity index (χ1v) is 5.63. The smallest absolute Gasteiger partial charge is 0.0743 e. The summed E-state index contributed by atoms with van der Waals surface area (Å²) in [6.07, 6.45) is 0. The third kappa shape index (κ3) is 1.81. The predicted octanol–water partition coefficient (Wildman–Crippen LogP) is 3.16. The monoisotopic (exact) mass is 215 g/mol. The third-order valence-corrected chi connectivity index (χ3v) is 2.88. The highest BCUT2D eigenvalue weighted by Crippen LogP contribution is 2.26. The van der Waals surface area contributed by atoms with Gasteiger partial charge < -0.3 is 5.11 Å². The molecule has 2 heteroatoms. The van der Waals surface area contributed by atoms with Gasteiger partial charge in [0, 0.05) is 11.1 Å². The molecule has 2 rings (SSSR count). The topological polar surface area (TPSA) is 33.1 Å². The molecule has 2 nitrogen and oxygen atoms in total. The normalized spacial score (nSPS) is 11.3. The van der Waals surface area contributed by atoms with Crippen LogP contribution in [0.3, 0.4) is 0 Å². The molecule has 0 aliphatic heterocycles. The lowest BCUT2D eigenvalue weighted by Crippen LogP contribution is -1.97. The molecular weight excluding hydrogens is 198 g/mol. The van der Waals surface area contributed by atoms with E-state index < -0.39 is 0 Å². The van der Waals surface area contributed by atoms with Gasteiger partial charge in [0.2, 0.25) is 0 Å². The van der Waals surface area contributed by atoms with Crippen LogP contribution in [-0.4, -0.2) is 10.1 Å². The number of aryl methyl sites for hydroxylation is 1. The minimum Gasteiger partial charge on any atom is -0.392 e. The van der Waals surface area contributed by atoms with E-state index >= 15 is 0 Å². The molecule has 0 aliphatic carbocycles. The van der Waals surface area contributed by atoms with Crippen LogP contribution in [-0.2, 0) is 6.61 Å². The average molecular weight is 215 g/mol. The van der Waals surface area contributed by atoms with Crippen molar-refractivity contribution in [1.29, 1.82) is 0 Å². The van der Waals surface area contributed by atoms with Gasteiger partial charge in [-0.1, -0.05) is 32.0 Å². The van der Waals surface area contributed by atoms with Gasteiger partial charge in [-0.05, 0) is 30.0 Å². The number of rotatable bonds is 2. The molecule has 1 aromatic carbocycles. The molecule has 0 amide bonds. The molecule has 0 unspecified atom stereocenters. The summed E-state index contributed by atoms with van der Waals surface area (Å²) < 4.78 is 0. The molecule has 84 valence electrons. The van der Waals surface area contributed by atoms with Gasteiger partial charge in [-0.3, -0.25) is 4.98 Å².